The fourth-order valence-electron chi connectivity index (χ4n) is 2.12. The number of para-hydroxylation sites is 1. The van der Waals surface area contributed by atoms with Crippen LogP contribution < -0.4 is 16.0 Å². The van der Waals surface area contributed by atoms with E-state index in [1.807, 2.05) is 25.1 Å². The summed E-state index contributed by atoms with van der Waals surface area (Å²) in [5.41, 5.74) is 1.91. The highest BCUT2D eigenvalue weighted by Gasteiger charge is 2.08. The number of hydrogen-bond acceptors (Lipinski definition) is 3. The summed E-state index contributed by atoms with van der Waals surface area (Å²) in [5, 5.41) is 9.07. The molecule has 0 saturated heterocycles. The van der Waals surface area contributed by atoms with Gasteiger partial charge in [-0.15, -0.1) is 0 Å². The van der Waals surface area contributed by atoms with Gasteiger partial charge in [-0.3, -0.25) is 9.59 Å². The summed E-state index contributed by atoms with van der Waals surface area (Å²) >= 11 is 9.53. The molecule has 2 amide bonds. The Morgan fingerprint density at radius 1 is 1.04 bits per heavy atom. The normalized spacial score (nSPS) is 10.2. The zero-order chi connectivity index (χ0) is 18.2. The van der Waals surface area contributed by atoms with E-state index in [9.17, 15) is 9.59 Å². The smallest absolute Gasteiger partial charge is 0.243 e. The summed E-state index contributed by atoms with van der Waals surface area (Å²) < 4.78 is 0.807. The summed E-state index contributed by atoms with van der Waals surface area (Å²) in [7, 11) is 0. The molecule has 0 aliphatic rings. The van der Waals surface area contributed by atoms with Crippen molar-refractivity contribution in [2.45, 2.75) is 19.8 Å². The lowest BCUT2D eigenvalue weighted by Crippen LogP contribution is -2.22. The predicted octanol–water partition coefficient (Wildman–Crippen LogP) is 4.89. The standard InChI is InChI=1S/C18H19BrClN3O2/c1-2-5-17(24)22-12-8-9-14(20)16(10-12)21-11-18(25)23-15-7-4-3-6-13(15)19/h3-4,6-10,21H,2,5,11H2,1H3,(H,22,24)(H,23,25). The van der Waals surface area contributed by atoms with Crippen LogP contribution in [0.1, 0.15) is 19.8 Å². The summed E-state index contributed by atoms with van der Waals surface area (Å²) in [6, 6.07) is 12.5. The quantitative estimate of drug-likeness (QED) is 0.592. The summed E-state index contributed by atoms with van der Waals surface area (Å²) in [4.78, 5) is 23.8. The van der Waals surface area contributed by atoms with E-state index in [2.05, 4.69) is 31.9 Å². The molecular weight excluding hydrogens is 406 g/mol. The van der Waals surface area contributed by atoms with Crippen LogP contribution in [0, 0.1) is 0 Å². The van der Waals surface area contributed by atoms with E-state index < -0.39 is 0 Å². The average Bonchev–Trinajstić information content (AvgIpc) is 2.57. The Bertz CT molecular complexity index is 768. The van der Waals surface area contributed by atoms with Crippen LogP contribution in [0.2, 0.25) is 5.02 Å². The van der Waals surface area contributed by atoms with E-state index in [0.717, 1.165) is 10.9 Å². The van der Waals surface area contributed by atoms with Gasteiger partial charge >= 0.3 is 0 Å². The van der Waals surface area contributed by atoms with Crippen molar-refractivity contribution in [3.63, 3.8) is 0 Å². The molecule has 132 valence electrons. The number of halogens is 2. The third-order valence-electron chi connectivity index (χ3n) is 3.31. The maximum atomic E-state index is 12.1. The van der Waals surface area contributed by atoms with Crippen LogP contribution in [-0.2, 0) is 9.59 Å². The maximum absolute atomic E-state index is 12.1. The van der Waals surface area contributed by atoms with Gasteiger partial charge < -0.3 is 16.0 Å². The van der Waals surface area contributed by atoms with Crippen LogP contribution in [0.25, 0.3) is 0 Å². The molecule has 0 spiro atoms. The van der Waals surface area contributed by atoms with E-state index in [0.29, 0.717) is 28.5 Å². The number of anilines is 3. The molecule has 0 unspecified atom stereocenters. The van der Waals surface area contributed by atoms with E-state index in [-0.39, 0.29) is 18.4 Å². The molecule has 3 N–H and O–H groups in total. The van der Waals surface area contributed by atoms with Crippen molar-refractivity contribution in [1.82, 2.24) is 0 Å². The number of amides is 2. The lowest BCUT2D eigenvalue weighted by molar-refractivity contribution is -0.116. The molecule has 0 radical (unpaired) electrons. The highest BCUT2D eigenvalue weighted by molar-refractivity contribution is 9.10. The molecule has 0 atom stereocenters. The van der Waals surface area contributed by atoms with Gasteiger partial charge in [0.25, 0.3) is 0 Å². The third kappa shape index (κ3) is 6.07. The van der Waals surface area contributed by atoms with Gasteiger partial charge in [0, 0.05) is 16.6 Å². The first-order valence-electron chi connectivity index (χ1n) is 7.87. The molecule has 0 aromatic heterocycles. The Labute approximate surface area is 160 Å². The van der Waals surface area contributed by atoms with Crippen molar-refractivity contribution in [3.05, 3.63) is 52.0 Å². The zero-order valence-corrected chi connectivity index (χ0v) is 16.1. The van der Waals surface area contributed by atoms with Gasteiger partial charge in [0.05, 0.1) is 22.9 Å². The van der Waals surface area contributed by atoms with Crippen molar-refractivity contribution >= 4 is 56.4 Å². The number of carbonyl (C=O) groups is 2. The zero-order valence-electron chi connectivity index (χ0n) is 13.7. The second-order valence-corrected chi connectivity index (χ2v) is 6.64. The van der Waals surface area contributed by atoms with Crippen LogP contribution >= 0.6 is 27.5 Å². The molecule has 0 bridgehead atoms. The molecule has 5 nitrogen and oxygen atoms in total. The van der Waals surface area contributed by atoms with Gasteiger partial charge in [-0.1, -0.05) is 30.7 Å². The Kier molecular flexibility index (Phi) is 7.28. The van der Waals surface area contributed by atoms with Gasteiger partial charge in [0.1, 0.15) is 0 Å². The summed E-state index contributed by atoms with van der Waals surface area (Å²) in [6.45, 7) is 1.99. The minimum atomic E-state index is -0.205. The molecule has 2 aromatic rings. The maximum Gasteiger partial charge on any atom is 0.243 e. The molecule has 2 aromatic carbocycles. The Morgan fingerprint density at radius 2 is 1.80 bits per heavy atom. The van der Waals surface area contributed by atoms with Crippen molar-refractivity contribution in [2.24, 2.45) is 0 Å². The van der Waals surface area contributed by atoms with E-state index in [1.54, 1.807) is 24.3 Å². The number of benzene rings is 2. The Balaban J connectivity index is 1.96. The molecule has 0 aliphatic carbocycles. The number of hydrogen-bond donors (Lipinski definition) is 3. The van der Waals surface area contributed by atoms with Crippen molar-refractivity contribution < 1.29 is 9.59 Å². The average molecular weight is 425 g/mol. The lowest BCUT2D eigenvalue weighted by Gasteiger charge is -2.12. The monoisotopic (exact) mass is 423 g/mol. The molecule has 0 heterocycles. The van der Waals surface area contributed by atoms with Gasteiger partial charge in [-0.2, -0.15) is 0 Å². The van der Waals surface area contributed by atoms with E-state index in [4.69, 9.17) is 11.6 Å². The van der Waals surface area contributed by atoms with Crippen molar-refractivity contribution in [3.8, 4) is 0 Å². The predicted molar refractivity (Wildman–Crippen MR) is 106 cm³/mol. The molecule has 2 rings (SSSR count). The molecular formula is C18H19BrClN3O2. The third-order valence-corrected chi connectivity index (χ3v) is 4.34. The van der Waals surface area contributed by atoms with Gasteiger partial charge in [-0.25, -0.2) is 0 Å². The highest BCUT2D eigenvalue weighted by atomic mass is 79.9. The first-order valence-corrected chi connectivity index (χ1v) is 9.04. The minimum Gasteiger partial charge on any atom is -0.375 e. The summed E-state index contributed by atoms with van der Waals surface area (Å²) in [5.74, 6) is -0.258. The van der Waals surface area contributed by atoms with Crippen LogP contribution in [0.15, 0.2) is 46.9 Å². The SMILES string of the molecule is CCCC(=O)Nc1ccc(Cl)c(NCC(=O)Nc2ccccc2Br)c1. The Morgan fingerprint density at radius 3 is 2.52 bits per heavy atom. The number of nitrogens with one attached hydrogen (secondary N) is 3. The second kappa shape index (κ2) is 9.44. The van der Waals surface area contributed by atoms with Gasteiger partial charge in [-0.05, 0) is 52.7 Å². The molecule has 0 fully saturated rings. The molecule has 0 aliphatic heterocycles. The lowest BCUT2D eigenvalue weighted by atomic mass is 10.2. The van der Waals surface area contributed by atoms with Crippen LogP contribution in [-0.4, -0.2) is 18.4 Å². The van der Waals surface area contributed by atoms with Crippen molar-refractivity contribution in [2.75, 3.05) is 22.5 Å². The number of carbonyl (C=O) groups excluding carboxylic acids is 2. The summed E-state index contributed by atoms with van der Waals surface area (Å²) in [6.07, 6.45) is 1.24. The fraction of sp³-hybridized carbons (Fsp3) is 0.222. The first kappa shape index (κ1) is 19.3. The Hall–Kier alpha value is -2.05. The van der Waals surface area contributed by atoms with Crippen LogP contribution in [0.5, 0.6) is 0 Å². The second-order valence-electron chi connectivity index (χ2n) is 5.37. The highest BCUT2D eigenvalue weighted by Crippen LogP contribution is 2.26. The van der Waals surface area contributed by atoms with Gasteiger partial charge in [0.2, 0.25) is 11.8 Å². The first-order chi connectivity index (χ1) is 12.0. The molecule has 25 heavy (non-hydrogen) atoms. The topological polar surface area (TPSA) is 70.2 Å². The van der Waals surface area contributed by atoms with Crippen molar-refractivity contribution in [1.29, 1.82) is 0 Å². The minimum absolute atomic E-state index is 0.0490. The fourth-order valence-corrected chi connectivity index (χ4v) is 2.69. The van der Waals surface area contributed by atoms with Crippen LogP contribution in [0.3, 0.4) is 0 Å². The largest absolute Gasteiger partial charge is 0.375 e. The van der Waals surface area contributed by atoms with E-state index >= 15 is 0 Å². The number of rotatable bonds is 7. The van der Waals surface area contributed by atoms with Gasteiger partial charge in [0.15, 0.2) is 0 Å². The molecule has 7 heteroatoms. The van der Waals surface area contributed by atoms with E-state index in [1.165, 1.54) is 0 Å². The van der Waals surface area contributed by atoms with Crippen LogP contribution in [0.4, 0.5) is 17.1 Å². The molecule has 0 saturated carbocycles.